The first-order valence-electron chi connectivity index (χ1n) is 9.81. The molecule has 152 valence electrons. The van der Waals surface area contributed by atoms with Gasteiger partial charge in [-0.15, -0.1) is 0 Å². The minimum atomic E-state index is -0.325. The molecule has 2 aliphatic rings. The van der Waals surface area contributed by atoms with Crippen molar-refractivity contribution in [3.63, 3.8) is 0 Å². The molecule has 0 saturated carbocycles. The molecular weight excluding hydrogens is 405 g/mol. The minimum Gasteiger partial charge on any atom is -0.371 e. The van der Waals surface area contributed by atoms with Crippen LogP contribution in [0.1, 0.15) is 5.56 Å². The van der Waals surface area contributed by atoms with E-state index in [2.05, 4.69) is 20.9 Å². The maximum Gasteiger partial charge on any atom is 0.270 e. The Morgan fingerprint density at radius 2 is 1.70 bits per heavy atom. The molecule has 2 fully saturated rings. The first-order chi connectivity index (χ1) is 14.5. The Labute approximate surface area is 177 Å². The molecule has 0 N–H and O–H groups in total. The van der Waals surface area contributed by atoms with Crippen molar-refractivity contribution in [1.82, 2.24) is 9.55 Å². The van der Waals surface area contributed by atoms with Crippen LogP contribution in [0.2, 0.25) is 5.15 Å². The zero-order valence-corrected chi connectivity index (χ0v) is 17.1. The molecular formula is C22H19ClFN5O. The van der Waals surface area contributed by atoms with Crippen LogP contribution in [0.3, 0.4) is 0 Å². The number of rotatable bonds is 2. The Hall–Kier alpha value is -3.11. The Bertz CT molecular complexity index is 1240. The molecule has 3 aromatic rings. The first kappa shape index (κ1) is 18.9. The van der Waals surface area contributed by atoms with Crippen LogP contribution < -0.4 is 15.4 Å². The van der Waals surface area contributed by atoms with Gasteiger partial charge in [-0.1, -0.05) is 11.6 Å². The largest absolute Gasteiger partial charge is 0.371 e. The smallest absolute Gasteiger partial charge is 0.270 e. The molecule has 30 heavy (non-hydrogen) atoms. The molecule has 2 aliphatic heterocycles. The van der Waals surface area contributed by atoms with Gasteiger partial charge < -0.3 is 14.4 Å². The number of hydrogen-bond acceptors (Lipinski definition) is 5. The number of benzene rings is 1. The second kappa shape index (κ2) is 6.99. The van der Waals surface area contributed by atoms with Gasteiger partial charge in [0.1, 0.15) is 28.1 Å². The van der Waals surface area contributed by atoms with Crippen molar-refractivity contribution in [3.8, 4) is 6.07 Å². The molecule has 0 spiro atoms. The highest BCUT2D eigenvalue weighted by molar-refractivity contribution is 6.29. The molecule has 8 heteroatoms. The van der Waals surface area contributed by atoms with E-state index in [9.17, 15) is 14.4 Å². The quantitative estimate of drug-likeness (QED) is 0.592. The predicted molar refractivity (Wildman–Crippen MR) is 115 cm³/mol. The summed E-state index contributed by atoms with van der Waals surface area (Å²) >= 11 is 6.15. The van der Waals surface area contributed by atoms with Crippen LogP contribution in [0.15, 0.2) is 41.2 Å². The van der Waals surface area contributed by atoms with Crippen molar-refractivity contribution in [3.05, 3.63) is 63.3 Å². The standard InChI is InChI=1S/C22H19ClFN5O/c1-27-18-6-7-19(23)26-20(18)21(17(8-25)22(27)30)29-11-13-9-28(10-14(13)12-29)16-4-2-15(24)3-5-16/h2-7,13-14H,9-12H2,1H3/t13-,14+. The lowest BCUT2D eigenvalue weighted by Gasteiger charge is -2.26. The van der Waals surface area contributed by atoms with Gasteiger partial charge in [-0.05, 0) is 36.4 Å². The molecule has 2 aromatic heterocycles. The molecule has 0 aliphatic carbocycles. The van der Waals surface area contributed by atoms with Crippen LogP contribution >= 0.6 is 11.6 Å². The van der Waals surface area contributed by atoms with Crippen LogP contribution in [0.25, 0.3) is 11.0 Å². The summed E-state index contributed by atoms with van der Waals surface area (Å²) in [4.78, 5) is 21.7. The van der Waals surface area contributed by atoms with Crippen LogP contribution in [-0.2, 0) is 7.05 Å². The Kier molecular flexibility index (Phi) is 4.40. The molecule has 2 saturated heterocycles. The van der Waals surface area contributed by atoms with E-state index in [0.717, 1.165) is 31.9 Å². The predicted octanol–water partition coefficient (Wildman–Crippen LogP) is 3.17. The summed E-state index contributed by atoms with van der Waals surface area (Å²) in [7, 11) is 1.64. The zero-order valence-electron chi connectivity index (χ0n) is 16.3. The summed E-state index contributed by atoms with van der Waals surface area (Å²) in [6, 6.07) is 12.1. The van der Waals surface area contributed by atoms with Crippen LogP contribution in [0.5, 0.6) is 0 Å². The highest BCUT2D eigenvalue weighted by Gasteiger charge is 2.41. The molecule has 2 atom stereocenters. The van der Waals surface area contributed by atoms with Gasteiger partial charge in [0.05, 0.1) is 11.2 Å². The van der Waals surface area contributed by atoms with Gasteiger partial charge in [0.15, 0.2) is 0 Å². The number of halogens is 2. The third-order valence-electron chi connectivity index (χ3n) is 6.29. The Morgan fingerprint density at radius 1 is 1.07 bits per heavy atom. The van der Waals surface area contributed by atoms with E-state index in [4.69, 9.17) is 11.6 Å². The van der Waals surface area contributed by atoms with Crippen molar-refractivity contribution < 1.29 is 4.39 Å². The monoisotopic (exact) mass is 423 g/mol. The molecule has 1 aromatic carbocycles. The van der Waals surface area contributed by atoms with E-state index in [-0.39, 0.29) is 16.9 Å². The first-order valence-corrected chi connectivity index (χ1v) is 10.2. The number of aromatic nitrogens is 2. The van der Waals surface area contributed by atoms with Gasteiger partial charge in [-0.2, -0.15) is 5.26 Å². The second-order valence-corrected chi connectivity index (χ2v) is 8.40. The third-order valence-corrected chi connectivity index (χ3v) is 6.50. The summed E-state index contributed by atoms with van der Waals surface area (Å²) in [5.74, 6) is 0.539. The van der Waals surface area contributed by atoms with Crippen LogP contribution in [0.4, 0.5) is 15.8 Å². The number of aryl methyl sites for hydroxylation is 1. The summed E-state index contributed by atoms with van der Waals surface area (Å²) in [5.41, 5.74) is 2.62. The van der Waals surface area contributed by atoms with Crippen molar-refractivity contribution in [2.75, 3.05) is 36.0 Å². The SMILES string of the molecule is Cn1c(=O)c(C#N)c(N2C[C@H]3CN(c4ccc(F)cc4)C[C@H]3C2)c2nc(Cl)ccc21. The minimum absolute atomic E-state index is 0.107. The lowest BCUT2D eigenvalue weighted by Crippen LogP contribution is -2.32. The van der Waals surface area contributed by atoms with Crippen molar-refractivity contribution in [2.24, 2.45) is 18.9 Å². The van der Waals surface area contributed by atoms with E-state index in [1.807, 2.05) is 12.1 Å². The second-order valence-electron chi connectivity index (χ2n) is 8.01. The van der Waals surface area contributed by atoms with Gasteiger partial charge in [0, 0.05) is 50.7 Å². The van der Waals surface area contributed by atoms with Gasteiger partial charge in [-0.3, -0.25) is 4.79 Å². The lowest BCUT2D eigenvalue weighted by atomic mass is 10.0. The third kappa shape index (κ3) is 2.91. The molecule has 0 radical (unpaired) electrons. The van der Waals surface area contributed by atoms with E-state index in [1.54, 1.807) is 19.2 Å². The Balaban J connectivity index is 1.50. The van der Waals surface area contributed by atoms with Crippen molar-refractivity contribution >= 4 is 34.0 Å². The molecule has 6 nitrogen and oxygen atoms in total. The molecule has 0 unspecified atom stereocenters. The van der Waals surface area contributed by atoms with Gasteiger partial charge >= 0.3 is 0 Å². The highest BCUT2D eigenvalue weighted by Crippen LogP contribution is 2.38. The van der Waals surface area contributed by atoms with Crippen molar-refractivity contribution in [2.45, 2.75) is 0 Å². The summed E-state index contributed by atoms with van der Waals surface area (Å²) < 4.78 is 14.7. The number of nitriles is 1. The van der Waals surface area contributed by atoms with E-state index in [0.29, 0.717) is 33.7 Å². The van der Waals surface area contributed by atoms with Crippen LogP contribution in [0, 0.1) is 29.0 Å². The number of nitrogens with zero attached hydrogens (tertiary/aromatic N) is 5. The molecule has 5 rings (SSSR count). The maximum absolute atomic E-state index is 13.2. The van der Waals surface area contributed by atoms with E-state index < -0.39 is 0 Å². The number of fused-ring (bicyclic) bond motifs is 2. The summed E-state index contributed by atoms with van der Waals surface area (Å²) in [5, 5.41) is 10.1. The fourth-order valence-corrected chi connectivity index (χ4v) is 4.96. The fourth-order valence-electron chi connectivity index (χ4n) is 4.82. The zero-order chi connectivity index (χ0) is 21.0. The van der Waals surface area contributed by atoms with E-state index in [1.165, 1.54) is 16.7 Å². The van der Waals surface area contributed by atoms with Gasteiger partial charge in [0.2, 0.25) is 0 Å². The van der Waals surface area contributed by atoms with Crippen LogP contribution in [-0.4, -0.2) is 35.7 Å². The lowest BCUT2D eigenvalue weighted by molar-refractivity contribution is 0.533. The van der Waals surface area contributed by atoms with Gasteiger partial charge in [-0.25, -0.2) is 9.37 Å². The number of pyridine rings is 2. The van der Waals surface area contributed by atoms with E-state index >= 15 is 0 Å². The normalized spacial score (nSPS) is 20.6. The average Bonchev–Trinajstić information content (AvgIpc) is 3.30. The number of hydrogen-bond donors (Lipinski definition) is 0. The molecule has 0 bridgehead atoms. The highest BCUT2D eigenvalue weighted by atomic mass is 35.5. The molecule has 0 amide bonds. The summed E-state index contributed by atoms with van der Waals surface area (Å²) in [6.45, 7) is 3.16. The average molecular weight is 424 g/mol. The Morgan fingerprint density at radius 3 is 2.33 bits per heavy atom. The number of anilines is 2. The molecule has 4 heterocycles. The summed E-state index contributed by atoms with van der Waals surface area (Å²) in [6.07, 6.45) is 0. The topological polar surface area (TPSA) is 65.2 Å². The maximum atomic E-state index is 13.2. The van der Waals surface area contributed by atoms with Crippen molar-refractivity contribution in [1.29, 1.82) is 5.26 Å². The fraction of sp³-hybridized carbons (Fsp3) is 0.318. The van der Waals surface area contributed by atoms with Gasteiger partial charge in [0.25, 0.3) is 5.56 Å².